The molecule has 5 nitrogen and oxygen atoms in total. The molecule has 0 bridgehead atoms. The summed E-state index contributed by atoms with van der Waals surface area (Å²) < 4.78 is 13.4. The maximum atomic E-state index is 13.4. The van der Waals surface area contributed by atoms with Crippen LogP contribution in [0, 0.1) is 5.82 Å². The third kappa shape index (κ3) is 5.85. The predicted octanol–water partition coefficient (Wildman–Crippen LogP) is 3.03. The minimum absolute atomic E-state index is 0.0692. The molecule has 0 radical (unpaired) electrons. The van der Waals surface area contributed by atoms with Crippen molar-refractivity contribution in [2.45, 2.75) is 11.8 Å². The van der Waals surface area contributed by atoms with Gasteiger partial charge in [0.2, 0.25) is 11.8 Å². The van der Waals surface area contributed by atoms with E-state index in [0.29, 0.717) is 10.6 Å². The smallest absolute Gasteiger partial charge is 0.250 e. The van der Waals surface area contributed by atoms with Gasteiger partial charge in [-0.2, -0.15) is 5.10 Å². The van der Waals surface area contributed by atoms with Crippen LogP contribution >= 0.6 is 11.8 Å². The molecule has 2 rings (SSSR count). The van der Waals surface area contributed by atoms with Gasteiger partial charge >= 0.3 is 0 Å². The topological polar surface area (TPSA) is 70.6 Å². The van der Waals surface area contributed by atoms with Crippen molar-refractivity contribution in [2.24, 2.45) is 5.10 Å². The van der Waals surface area contributed by atoms with E-state index in [1.807, 2.05) is 0 Å². The quantitative estimate of drug-likeness (QED) is 0.480. The number of anilines is 1. The molecule has 2 aromatic rings. The van der Waals surface area contributed by atoms with Gasteiger partial charge in [-0.15, -0.1) is 11.8 Å². The molecular weight excluding hydrogens is 329 g/mol. The van der Waals surface area contributed by atoms with Gasteiger partial charge in [-0.1, -0.05) is 24.3 Å². The summed E-state index contributed by atoms with van der Waals surface area (Å²) in [5.74, 6) is -0.747. The fourth-order valence-electron chi connectivity index (χ4n) is 1.77. The molecule has 0 aliphatic heterocycles. The molecule has 0 atom stereocenters. The second kappa shape index (κ2) is 8.83. The molecule has 0 aliphatic rings. The first-order valence-corrected chi connectivity index (χ1v) is 8.10. The zero-order valence-electron chi connectivity index (χ0n) is 13.0. The van der Waals surface area contributed by atoms with Crippen LogP contribution in [0.5, 0.6) is 0 Å². The number of thioether (sulfide) groups is 1. The van der Waals surface area contributed by atoms with Crippen molar-refractivity contribution in [1.82, 2.24) is 5.43 Å². The first kappa shape index (κ1) is 17.7. The molecule has 0 aromatic heterocycles. The summed E-state index contributed by atoms with van der Waals surface area (Å²) in [4.78, 5) is 23.0. The van der Waals surface area contributed by atoms with E-state index >= 15 is 0 Å². The lowest BCUT2D eigenvalue weighted by atomic mass is 10.2. The summed E-state index contributed by atoms with van der Waals surface area (Å²) in [6.07, 6.45) is 1.49. The lowest BCUT2D eigenvalue weighted by Crippen LogP contribution is -2.19. The Bertz CT molecular complexity index is 748. The van der Waals surface area contributed by atoms with E-state index in [4.69, 9.17) is 0 Å². The van der Waals surface area contributed by atoms with Crippen molar-refractivity contribution >= 4 is 35.5 Å². The molecule has 2 amide bonds. The van der Waals surface area contributed by atoms with Gasteiger partial charge in [0.05, 0.1) is 12.0 Å². The Kier molecular flexibility index (Phi) is 6.51. The SMILES string of the molecule is CC(=O)Nc1ccc(/C=N/NC(=O)CSc2ccccc2F)cc1. The van der Waals surface area contributed by atoms with Gasteiger partial charge < -0.3 is 5.32 Å². The van der Waals surface area contributed by atoms with E-state index in [1.165, 1.54) is 19.2 Å². The third-order valence-electron chi connectivity index (χ3n) is 2.83. The molecule has 0 spiro atoms. The van der Waals surface area contributed by atoms with Gasteiger partial charge in [0.1, 0.15) is 5.82 Å². The number of hydrogen-bond acceptors (Lipinski definition) is 4. The molecule has 0 aliphatic carbocycles. The third-order valence-corrected chi connectivity index (χ3v) is 3.88. The lowest BCUT2D eigenvalue weighted by molar-refractivity contribution is -0.118. The fourth-order valence-corrected chi connectivity index (χ4v) is 2.50. The molecule has 0 saturated carbocycles. The van der Waals surface area contributed by atoms with Gasteiger partial charge in [-0.05, 0) is 29.8 Å². The Morgan fingerprint density at radius 2 is 1.88 bits per heavy atom. The van der Waals surface area contributed by atoms with Crippen molar-refractivity contribution in [3.8, 4) is 0 Å². The summed E-state index contributed by atoms with van der Waals surface area (Å²) in [6, 6.07) is 13.3. The molecule has 24 heavy (non-hydrogen) atoms. The van der Waals surface area contributed by atoms with Crippen LogP contribution in [0.4, 0.5) is 10.1 Å². The minimum atomic E-state index is -0.349. The molecular formula is C17H16FN3O2S. The maximum Gasteiger partial charge on any atom is 0.250 e. The number of rotatable bonds is 6. The van der Waals surface area contributed by atoms with E-state index in [2.05, 4.69) is 15.8 Å². The van der Waals surface area contributed by atoms with Crippen molar-refractivity contribution < 1.29 is 14.0 Å². The van der Waals surface area contributed by atoms with E-state index in [-0.39, 0.29) is 23.4 Å². The second-order valence-corrected chi connectivity index (χ2v) is 5.83. The van der Waals surface area contributed by atoms with Gasteiger partial charge in [0, 0.05) is 17.5 Å². The summed E-state index contributed by atoms with van der Waals surface area (Å²) in [7, 11) is 0. The Morgan fingerprint density at radius 3 is 2.54 bits per heavy atom. The Balaban J connectivity index is 1.79. The van der Waals surface area contributed by atoms with Crippen molar-refractivity contribution in [3.63, 3.8) is 0 Å². The average molecular weight is 345 g/mol. The highest BCUT2D eigenvalue weighted by Gasteiger charge is 2.05. The van der Waals surface area contributed by atoms with E-state index < -0.39 is 0 Å². The number of nitrogens with one attached hydrogen (secondary N) is 2. The minimum Gasteiger partial charge on any atom is -0.326 e. The molecule has 7 heteroatoms. The van der Waals surface area contributed by atoms with Gasteiger partial charge in [-0.3, -0.25) is 9.59 Å². The molecule has 0 saturated heterocycles. The first-order valence-electron chi connectivity index (χ1n) is 7.11. The number of hydrazone groups is 1. The summed E-state index contributed by atoms with van der Waals surface area (Å²) in [6.45, 7) is 1.43. The highest BCUT2D eigenvalue weighted by molar-refractivity contribution is 8.00. The zero-order chi connectivity index (χ0) is 17.4. The van der Waals surface area contributed by atoms with Crippen LogP contribution in [0.2, 0.25) is 0 Å². The summed E-state index contributed by atoms with van der Waals surface area (Å²) in [5.41, 5.74) is 3.84. The molecule has 2 aromatic carbocycles. The van der Waals surface area contributed by atoms with Crippen LogP contribution < -0.4 is 10.7 Å². The number of carbonyl (C=O) groups is 2. The number of nitrogens with zero attached hydrogens (tertiary/aromatic N) is 1. The summed E-state index contributed by atoms with van der Waals surface area (Å²) in [5, 5.41) is 6.50. The fraction of sp³-hybridized carbons (Fsp3) is 0.118. The molecule has 0 heterocycles. The Labute approximate surface area is 143 Å². The maximum absolute atomic E-state index is 13.4. The molecule has 0 unspecified atom stereocenters. The van der Waals surface area contributed by atoms with Crippen LogP contribution in [0.15, 0.2) is 58.5 Å². The van der Waals surface area contributed by atoms with Gasteiger partial charge in [0.25, 0.3) is 0 Å². The summed E-state index contributed by atoms with van der Waals surface area (Å²) >= 11 is 1.11. The predicted molar refractivity (Wildman–Crippen MR) is 93.6 cm³/mol. The normalized spacial score (nSPS) is 10.6. The van der Waals surface area contributed by atoms with Crippen molar-refractivity contribution in [1.29, 1.82) is 0 Å². The van der Waals surface area contributed by atoms with Crippen LogP contribution in [0.1, 0.15) is 12.5 Å². The largest absolute Gasteiger partial charge is 0.326 e. The van der Waals surface area contributed by atoms with E-state index in [9.17, 15) is 14.0 Å². The molecule has 124 valence electrons. The van der Waals surface area contributed by atoms with Crippen LogP contribution in [0.3, 0.4) is 0 Å². The first-order chi connectivity index (χ1) is 11.5. The molecule has 0 fully saturated rings. The molecule has 2 N–H and O–H groups in total. The van der Waals surface area contributed by atoms with Crippen LogP contribution in [-0.4, -0.2) is 23.8 Å². The van der Waals surface area contributed by atoms with Crippen molar-refractivity contribution in [2.75, 3.05) is 11.1 Å². The van der Waals surface area contributed by atoms with Crippen LogP contribution in [-0.2, 0) is 9.59 Å². The Morgan fingerprint density at radius 1 is 1.17 bits per heavy atom. The van der Waals surface area contributed by atoms with E-state index in [1.54, 1.807) is 42.5 Å². The number of halogens is 1. The number of carbonyl (C=O) groups excluding carboxylic acids is 2. The monoisotopic (exact) mass is 345 g/mol. The van der Waals surface area contributed by atoms with Gasteiger partial charge in [0.15, 0.2) is 0 Å². The highest BCUT2D eigenvalue weighted by Crippen LogP contribution is 2.20. The average Bonchev–Trinajstić information content (AvgIpc) is 2.55. The van der Waals surface area contributed by atoms with Crippen LogP contribution in [0.25, 0.3) is 0 Å². The number of benzene rings is 2. The number of amides is 2. The number of hydrogen-bond donors (Lipinski definition) is 2. The lowest BCUT2D eigenvalue weighted by Gasteiger charge is -2.03. The second-order valence-electron chi connectivity index (χ2n) is 4.82. The van der Waals surface area contributed by atoms with Crippen molar-refractivity contribution in [3.05, 3.63) is 59.9 Å². The zero-order valence-corrected chi connectivity index (χ0v) is 13.8. The Hall–Kier alpha value is -2.67. The highest BCUT2D eigenvalue weighted by atomic mass is 32.2. The van der Waals surface area contributed by atoms with Gasteiger partial charge in [-0.25, -0.2) is 9.82 Å². The standard InChI is InChI=1S/C17H16FN3O2S/c1-12(22)20-14-8-6-13(7-9-14)10-19-21-17(23)11-24-16-5-3-2-4-15(16)18/h2-10H,11H2,1H3,(H,20,22)(H,21,23)/b19-10+. The van der Waals surface area contributed by atoms with E-state index in [0.717, 1.165) is 17.3 Å².